The first-order chi connectivity index (χ1) is 13.6. The Labute approximate surface area is 181 Å². The van der Waals surface area contributed by atoms with Gasteiger partial charge in [-0.15, -0.1) is 0 Å². The van der Waals surface area contributed by atoms with Crippen LogP contribution in [0, 0.1) is 0 Å². The van der Waals surface area contributed by atoms with Crippen LogP contribution >= 0.6 is 31.9 Å². The predicted octanol–water partition coefficient (Wildman–Crippen LogP) is 5.96. The van der Waals surface area contributed by atoms with Gasteiger partial charge in [-0.1, -0.05) is 38.3 Å². The molecule has 2 aromatic carbocycles. The smallest absolute Gasteiger partial charge is 0.234 e. The van der Waals surface area contributed by atoms with E-state index in [2.05, 4.69) is 42.5 Å². The maximum atomic E-state index is 5.79. The van der Waals surface area contributed by atoms with E-state index < -0.39 is 18.2 Å². The Hall–Kier alpha value is -1.16. The summed E-state index contributed by atoms with van der Waals surface area (Å²) in [7, 11) is 0. The third kappa shape index (κ3) is 5.06. The van der Waals surface area contributed by atoms with Crippen molar-refractivity contribution < 1.29 is 19.6 Å². The number of benzene rings is 2. The molecule has 2 fully saturated rings. The normalized spacial score (nSPS) is 24.5. The zero-order valence-electron chi connectivity index (χ0n) is 15.2. The van der Waals surface area contributed by atoms with Crippen LogP contribution in [0.15, 0.2) is 57.5 Å². The lowest BCUT2D eigenvalue weighted by Crippen LogP contribution is -2.41. The predicted molar refractivity (Wildman–Crippen MR) is 113 cm³/mol. The van der Waals surface area contributed by atoms with Crippen LogP contribution in [0.3, 0.4) is 0 Å². The summed E-state index contributed by atoms with van der Waals surface area (Å²) in [5.74, 6) is -0.853. The van der Waals surface area contributed by atoms with Crippen LogP contribution in [0.25, 0.3) is 0 Å². The molecular formula is C20H22Br2N2O4. The maximum Gasteiger partial charge on any atom is 0.234 e. The summed E-state index contributed by atoms with van der Waals surface area (Å²) in [4.78, 5) is 23.1. The molecule has 1 aliphatic carbocycles. The van der Waals surface area contributed by atoms with E-state index in [1.165, 1.54) is 0 Å². The van der Waals surface area contributed by atoms with Gasteiger partial charge in [0, 0.05) is 33.2 Å². The summed E-state index contributed by atoms with van der Waals surface area (Å²) in [6.45, 7) is 0. The van der Waals surface area contributed by atoms with Gasteiger partial charge in [0.1, 0.15) is 0 Å². The molecule has 1 heterocycles. The molecule has 1 saturated carbocycles. The summed E-state index contributed by atoms with van der Waals surface area (Å²) < 4.78 is 2.00. The molecule has 2 atom stereocenters. The van der Waals surface area contributed by atoms with Crippen molar-refractivity contribution in [3.05, 3.63) is 57.5 Å². The van der Waals surface area contributed by atoms with Gasteiger partial charge < -0.3 is 10.6 Å². The molecule has 8 heteroatoms. The Kier molecular flexibility index (Phi) is 6.55. The molecule has 0 radical (unpaired) electrons. The van der Waals surface area contributed by atoms with Crippen molar-refractivity contribution in [2.45, 2.75) is 50.3 Å². The lowest BCUT2D eigenvalue weighted by molar-refractivity contribution is -0.490. The molecule has 150 valence electrons. The van der Waals surface area contributed by atoms with Crippen molar-refractivity contribution >= 4 is 43.2 Å². The van der Waals surface area contributed by atoms with Crippen molar-refractivity contribution in [2.75, 3.05) is 10.6 Å². The summed E-state index contributed by atoms with van der Waals surface area (Å²) in [6.07, 6.45) is 3.43. The molecule has 0 bridgehead atoms. The minimum absolute atomic E-state index is 0.619. The first-order valence-corrected chi connectivity index (χ1v) is 10.9. The third-order valence-electron chi connectivity index (χ3n) is 4.80. The quantitative estimate of drug-likeness (QED) is 0.492. The van der Waals surface area contributed by atoms with Gasteiger partial charge >= 0.3 is 0 Å². The Morgan fingerprint density at radius 1 is 0.679 bits per heavy atom. The van der Waals surface area contributed by atoms with Crippen LogP contribution in [-0.4, -0.2) is 18.2 Å². The molecule has 0 unspecified atom stereocenters. The molecule has 4 rings (SSSR count). The van der Waals surface area contributed by atoms with Gasteiger partial charge in [-0.2, -0.15) is 9.78 Å². The molecule has 1 saturated heterocycles. The highest BCUT2D eigenvalue weighted by Crippen LogP contribution is 2.36. The van der Waals surface area contributed by atoms with Crippen LogP contribution in [-0.2, 0) is 19.6 Å². The number of nitrogens with one attached hydrogen (secondary N) is 2. The average Bonchev–Trinajstić information content (AvgIpc) is 2.87. The van der Waals surface area contributed by atoms with Crippen molar-refractivity contribution in [1.82, 2.24) is 0 Å². The van der Waals surface area contributed by atoms with Gasteiger partial charge in [-0.25, -0.2) is 9.78 Å². The van der Waals surface area contributed by atoms with E-state index in [1.54, 1.807) is 0 Å². The van der Waals surface area contributed by atoms with Gasteiger partial charge in [0.25, 0.3) is 0 Å². The minimum atomic E-state index is -0.853. The molecule has 2 N–H and O–H groups in total. The van der Waals surface area contributed by atoms with Crippen molar-refractivity contribution in [3.8, 4) is 0 Å². The van der Waals surface area contributed by atoms with Gasteiger partial charge in [0.05, 0.1) is 0 Å². The topological polar surface area (TPSA) is 61.0 Å². The van der Waals surface area contributed by atoms with Crippen molar-refractivity contribution in [2.24, 2.45) is 0 Å². The molecule has 0 aromatic heterocycles. The molecule has 6 nitrogen and oxygen atoms in total. The maximum absolute atomic E-state index is 5.79. The second-order valence-electron chi connectivity index (χ2n) is 6.97. The van der Waals surface area contributed by atoms with Crippen molar-refractivity contribution in [1.29, 1.82) is 0 Å². The van der Waals surface area contributed by atoms with Gasteiger partial charge in [-0.05, 0) is 61.4 Å². The lowest BCUT2D eigenvalue weighted by Gasteiger charge is -2.31. The number of hydrogen-bond acceptors (Lipinski definition) is 6. The highest BCUT2D eigenvalue weighted by Gasteiger charge is 2.43. The highest BCUT2D eigenvalue weighted by molar-refractivity contribution is 9.10. The number of halogens is 2. The van der Waals surface area contributed by atoms with E-state index >= 15 is 0 Å². The number of anilines is 2. The zero-order chi connectivity index (χ0) is 19.4. The Balaban J connectivity index is 1.52. The largest absolute Gasteiger partial charge is 0.354 e. The zero-order valence-corrected chi connectivity index (χ0v) is 18.4. The van der Waals surface area contributed by atoms with Crippen LogP contribution < -0.4 is 10.6 Å². The second kappa shape index (κ2) is 9.11. The third-order valence-corrected chi connectivity index (χ3v) is 5.86. The second-order valence-corrected chi connectivity index (χ2v) is 8.81. The van der Waals surface area contributed by atoms with Crippen LogP contribution in [0.5, 0.6) is 0 Å². The molecule has 1 spiro atoms. The monoisotopic (exact) mass is 512 g/mol. The molecule has 2 aliphatic rings. The average molecular weight is 514 g/mol. The fourth-order valence-electron chi connectivity index (χ4n) is 3.27. The van der Waals surface area contributed by atoms with Gasteiger partial charge in [0.15, 0.2) is 0 Å². The van der Waals surface area contributed by atoms with E-state index in [0.29, 0.717) is 0 Å². The number of rotatable bonds is 4. The fraction of sp³-hybridized carbons (Fsp3) is 0.400. The van der Waals surface area contributed by atoms with Crippen LogP contribution in [0.4, 0.5) is 11.4 Å². The van der Waals surface area contributed by atoms with E-state index in [0.717, 1.165) is 52.4 Å². The van der Waals surface area contributed by atoms with Crippen LogP contribution in [0.1, 0.15) is 32.1 Å². The standard InChI is InChI=1S/C20H22Br2N2O4/c21-14-4-8-16(9-5-14)23-18-19(24-17-10-6-15(22)7-11-17)26-28-20(27-25-18)12-2-1-3-13-20/h4-11,18-19,23-24H,1-3,12-13H2/t18-,19-/m0/s1. The molecule has 0 amide bonds. The molecule has 1 aliphatic heterocycles. The summed E-state index contributed by atoms with van der Waals surface area (Å²) >= 11 is 6.90. The first kappa shape index (κ1) is 20.1. The molecular weight excluding hydrogens is 492 g/mol. The summed E-state index contributed by atoms with van der Waals surface area (Å²) in [5, 5.41) is 6.61. The Morgan fingerprint density at radius 2 is 1.11 bits per heavy atom. The Bertz CT molecular complexity index is 707. The molecule has 2 aromatic rings. The van der Waals surface area contributed by atoms with E-state index in [4.69, 9.17) is 19.6 Å². The first-order valence-electron chi connectivity index (χ1n) is 9.35. The number of hydrogen-bond donors (Lipinski definition) is 2. The van der Waals surface area contributed by atoms with E-state index in [-0.39, 0.29) is 0 Å². The SMILES string of the molecule is Brc1ccc(N[C@H]2OOC3(CCCCC3)OO[C@@H]2Nc2ccc(Br)cc2)cc1. The summed E-state index contributed by atoms with van der Waals surface area (Å²) in [5.41, 5.74) is 1.75. The Morgan fingerprint density at radius 3 is 1.54 bits per heavy atom. The van der Waals surface area contributed by atoms with Crippen molar-refractivity contribution in [3.63, 3.8) is 0 Å². The van der Waals surface area contributed by atoms with E-state index in [9.17, 15) is 0 Å². The van der Waals surface area contributed by atoms with Gasteiger partial charge in [0.2, 0.25) is 18.2 Å². The van der Waals surface area contributed by atoms with Gasteiger partial charge in [-0.3, -0.25) is 0 Å². The minimum Gasteiger partial charge on any atom is -0.354 e. The fourth-order valence-corrected chi connectivity index (χ4v) is 3.80. The highest BCUT2D eigenvalue weighted by atomic mass is 79.9. The summed E-state index contributed by atoms with van der Waals surface area (Å²) in [6, 6.07) is 15.6. The molecule has 28 heavy (non-hydrogen) atoms. The van der Waals surface area contributed by atoms with Crippen LogP contribution in [0.2, 0.25) is 0 Å². The lowest BCUT2D eigenvalue weighted by atomic mass is 9.94. The van der Waals surface area contributed by atoms with E-state index in [1.807, 2.05) is 48.5 Å².